The molecule has 0 aliphatic heterocycles. The first-order valence-corrected chi connectivity index (χ1v) is 13.0. The molecule has 1 aromatic heterocycles. The normalized spacial score (nSPS) is 18.8. The first kappa shape index (κ1) is 20.9. The summed E-state index contributed by atoms with van der Waals surface area (Å²) >= 11 is 0. The number of hydrogen-bond donors (Lipinski definition) is 0. The zero-order valence-electron chi connectivity index (χ0n) is 20.2. The molecular formula is C32H35N. The summed E-state index contributed by atoms with van der Waals surface area (Å²) < 4.78 is 0. The highest BCUT2D eigenvalue weighted by Crippen LogP contribution is 2.51. The lowest BCUT2D eigenvalue weighted by Gasteiger charge is -2.43. The smallest absolute Gasteiger partial charge is 0.0780 e. The standard InChI is InChI=1S/C32H35N/c1-22-19-23(2)21-25(20-22)31-30-10-9-28-26(7-6-8-27(28)29(30)13-18-33-31)24-11-16-32(17-12-24)14-4-3-5-15-32/h6-10,13,18-21,24H,3-5,11-12,14-17H2,1-2H3. The van der Waals surface area contributed by atoms with Crippen molar-refractivity contribution in [3.63, 3.8) is 0 Å². The van der Waals surface area contributed by atoms with Crippen LogP contribution in [0, 0.1) is 19.3 Å². The van der Waals surface area contributed by atoms with Crippen molar-refractivity contribution in [3.8, 4) is 11.3 Å². The molecule has 0 N–H and O–H groups in total. The summed E-state index contributed by atoms with van der Waals surface area (Å²) in [5.74, 6) is 0.708. The highest BCUT2D eigenvalue weighted by atomic mass is 14.7. The largest absolute Gasteiger partial charge is 0.256 e. The van der Waals surface area contributed by atoms with Gasteiger partial charge in [-0.3, -0.25) is 4.98 Å². The maximum atomic E-state index is 4.83. The molecule has 2 aliphatic carbocycles. The second kappa shape index (κ2) is 8.28. The van der Waals surface area contributed by atoms with Gasteiger partial charge < -0.3 is 0 Å². The van der Waals surface area contributed by atoms with Crippen molar-refractivity contribution in [1.29, 1.82) is 0 Å². The van der Waals surface area contributed by atoms with Crippen LogP contribution in [-0.4, -0.2) is 4.98 Å². The molecular weight excluding hydrogens is 398 g/mol. The van der Waals surface area contributed by atoms with Crippen molar-refractivity contribution >= 4 is 21.5 Å². The van der Waals surface area contributed by atoms with Crippen LogP contribution in [0.1, 0.15) is 80.4 Å². The third-order valence-electron chi connectivity index (χ3n) is 8.73. The number of aromatic nitrogens is 1. The predicted molar refractivity (Wildman–Crippen MR) is 141 cm³/mol. The molecule has 3 aromatic carbocycles. The predicted octanol–water partition coefficient (Wildman–Crippen LogP) is 9.28. The molecule has 6 rings (SSSR count). The van der Waals surface area contributed by atoms with Crippen LogP contribution in [0.5, 0.6) is 0 Å². The summed E-state index contributed by atoms with van der Waals surface area (Å²) in [6.45, 7) is 4.34. The van der Waals surface area contributed by atoms with Gasteiger partial charge in [0.25, 0.3) is 0 Å². The van der Waals surface area contributed by atoms with Gasteiger partial charge in [0.15, 0.2) is 0 Å². The van der Waals surface area contributed by atoms with Crippen LogP contribution in [0.25, 0.3) is 32.8 Å². The van der Waals surface area contributed by atoms with E-state index in [0.29, 0.717) is 11.3 Å². The minimum absolute atomic E-state index is 0.679. The first-order chi connectivity index (χ1) is 16.1. The van der Waals surface area contributed by atoms with Gasteiger partial charge in [0, 0.05) is 17.1 Å². The van der Waals surface area contributed by atoms with Crippen molar-refractivity contribution in [1.82, 2.24) is 4.98 Å². The lowest BCUT2D eigenvalue weighted by molar-refractivity contribution is 0.114. The molecule has 2 aliphatic rings. The number of benzene rings is 3. The third kappa shape index (κ3) is 3.76. The van der Waals surface area contributed by atoms with Gasteiger partial charge in [-0.25, -0.2) is 0 Å². The molecule has 0 saturated heterocycles. The van der Waals surface area contributed by atoms with Crippen LogP contribution >= 0.6 is 0 Å². The van der Waals surface area contributed by atoms with Gasteiger partial charge in [-0.1, -0.05) is 66.8 Å². The quantitative estimate of drug-likeness (QED) is 0.287. The number of fused-ring (bicyclic) bond motifs is 3. The van der Waals surface area contributed by atoms with Crippen molar-refractivity contribution in [2.75, 3.05) is 0 Å². The Hall–Kier alpha value is -2.67. The van der Waals surface area contributed by atoms with Gasteiger partial charge in [-0.05, 0) is 104 Å². The highest BCUT2D eigenvalue weighted by molar-refractivity contribution is 6.12. The van der Waals surface area contributed by atoms with Crippen LogP contribution in [-0.2, 0) is 0 Å². The van der Waals surface area contributed by atoms with E-state index in [0.717, 1.165) is 5.69 Å². The Morgan fingerprint density at radius 3 is 2.15 bits per heavy atom. The summed E-state index contributed by atoms with van der Waals surface area (Å²) in [6.07, 6.45) is 14.9. The molecule has 33 heavy (non-hydrogen) atoms. The number of rotatable bonds is 2. The van der Waals surface area contributed by atoms with E-state index < -0.39 is 0 Å². The molecule has 1 nitrogen and oxygen atoms in total. The number of aryl methyl sites for hydroxylation is 2. The van der Waals surface area contributed by atoms with Crippen molar-refractivity contribution < 1.29 is 0 Å². The zero-order valence-corrected chi connectivity index (χ0v) is 20.2. The van der Waals surface area contributed by atoms with E-state index in [9.17, 15) is 0 Å². The zero-order chi connectivity index (χ0) is 22.4. The van der Waals surface area contributed by atoms with Crippen LogP contribution < -0.4 is 0 Å². The second-order valence-electron chi connectivity index (χ2n) is 11.0. The maximum absolute atomic E-state index is 4.83. The molecule has 1 heteroatoms. The van der Waals surface area contributed by atoms with Crippen molar-refractivity contribution in [2.45, 2.75) is 77.6 Å². The van der Waals surface area contributed by atoms with Crippen molar-refractivity contribution in [3.05, 3.63) is 77.5 Å². The molecule has 0 radical (unpaired) electrons. The molecule has 2 saturated carbocycles. The minimum Gasteiger partial charge on any atom is -0.256 e. The highest BCUT2D eigenvalue weighted by Gasteiger charge is 2.36. The Morgan fingerprint density at radius 1 is 0.697 bits per heavy atom. The average Bonchev–Trinajstić information content (AvgIpc) is 2.83. The van der Waals surface area contributed by atoms with Gasteiger partial charge in [0.05, 0.1) is 5.69 Å². The van der Waals surface area contributed by atoms with Crippen molar-refractivity contribution in [2.24, 2.45) is 5.41 Å². The van der Waals surface area contributed by atoms with E-state index >= 15 is 0 Å². The fraction of sp³-hybridized carbons (Fsp3) is 0.406. The maximum Gasteiger partial charge on any atom is 0.0780 e. The number of pyridine rings is 1. The van der Waals surface area contributed by atoms with Crippen LogP contribution in [0.4, 0.5) is 0 Å². The molecule has 0 unspecified atom stereocenters. The van der Waals surface area contributed by atoms with E-state index in [1.54, 1.807) is 5.56 Å². The van der Waals surface area contributed by atoms with Crippen LogP contribution in [0.3, 0.4) is 0 Å². The Kier molecular flexibility index (Phi) is 5.24. The summed E-state index contributed by atoms with van der Waals surface area (Å²) in [5, 5.41) is 5.43. The van der Waals surface area contributed by atoms with E-state index in [4.69, 9.17) is 4.98 Å². The molecule has 2 fully saturated rings. The van der Waals surface area contributed by atoms with E-state index in [1.165, 1.54) is 96.0 Å². The van der Waals surface area contributed by atoms with Gasteiger partial charge in [0.2, 0.25) is 0 Å². The second-order valence-corrected chi connectivity index (χ2v) is 11.0. The molecule has 0 amide bonds. The number of nitrogens with zero attached hydrogens (tertiary/aromatic N) is 1. The lowest BCUT2D eigenvalue weighted by Crippen LogP contribution is -2.29. The molecule has 4 aromatic rings. The van der Waals surface area contributed by atoms with E-state index in [1.807, 2.05) is 6.20 Å². The first-order valence-electron chi connectivity index (χ1n) is 13.0. The molecule has 168 valence electrons. The van der Waals surface area contributed by atoms with Gasteiger partial charge in [0.1, 0.15) is 0 Å². The third-order valence-corrected chi connectivity index (χ3v) is 8.73. The van der Waals surface area contributed by atoms with Gasteiger partial charge >= 0.3 is 0 Å². The van der Waals surface area contributed by atoms with Gasteiger partial charge in [-0.2, -0.15) is 0 Å². The number of hydrogen-bond acceptors (Lipinski definition) is 1. The fourth-order valence-corrected chi connectivity index (χ4v) is 7.09. The lowest BCUT2D eigenvalue weighted by atomic mass is 9.62. The minimum atomic E-state index is 0.679. The Labute approximate surface area is 198 Å². The Bertz CT molecular complexity index is 1300. The average molecular weight is 434 g/mol. The Balaban J connectivity index is 1.41. The monoisotopic (exact) mass is 433 g/mol. The molecule has 0 bridgehead atoms. The molecule has 1 spiro atoms. The SMILES string of the molecule is Cc1cc(C)cc(-c2nccc3c2ccc2c(C4CCC5(CCCCC5)CC4)cccc23)c1. The molecule has 1 heterocycles. The summed E-state index contributed by atoms with van der Waals surface area (Å²) in [7, 11) is 0. The summed E-state index contributed by atoms with van der Waals surface area (Å²) in [6, 6.07) is 20.7. The summed E-state index contributed by atoms with van der Waals surface area (Å²) in [4.78, 5) is 4.83. The topological polar surface area (TPSA) is 12.9 Å². The summed E-state index contributed by atoms with van der Waals surface area (Å²) in [5.41, 5.74) is 7.16. The Morgan fingerprint density at radius 2 is 1.39 bits per heavy atom. The van der Waals surface area contributed by atoms with Crippen LogP contribution in [0.2, 0.25) is 0 Å². The van der Waals surface area contributed by atoms with Gasteiger partial charge in [-0.15, -0.1) is 0 Å². The molecule has 0 atom stereocenters. The van der Waals surface area contributed by atoms with E-state index in [-0.39, 0.29) is 0 Å². The van der Waals surface area contributed by atoms with E-state index in [2.05, 4.69) is 68.4 Å². The van der Waals surface area contributed by atoms with Crippen LogP contribution in [0.15, 0.2) is 60.8 Å². The fourth-order valence-electron chi connectivity index (χ4n) is 7.09.